The smallest absolute Gasteiger partial charge is 0.315 e. The van der Waals surface area contributed by atoms with E-state index in [9.17, 15) is 4.79 Å². The van der Waals surface area contributed by atoms with Gasteiger partial charge in [-0.2, -0.15) is 0 Å². The second-order valence-corrected chi connectivity index (χ2v) is 6.42. The van der Waals surface area contributed by atoms with Gasteiger partial charge in [0, 0.05) is 10.7 Å². The maximum absolute atomic E-state index is 12.3. The number of carbonyl (C=O) groups is 1. The molecular formula is C17H18BrN5O. The Bertz CT molecular complexity index is 863. The molecule has 0 saturated carbocycles. The molecule has 0 radical (unpaired) electrons. The zero-order chi connectivity index (χ0) is 17.1. The van der Waals surface area contributed by atoms with E-state index < -0.39 is 0 Å². The van der Waals surface area contributed by atoms with Crippen LogP contribution >= 0.6 is 15.9 Å². The van der Waals surface area contributed by atoms with Gasteiger partial charge in [-0.1, -0.05) is 40.2 Å². The van der Waals surface area contributed by atoms with Gasteiger partial charge in [0.25, 0.3) is 0 Å². The first-order chi connectivity index (χ1) is 11.6. The van der Waals surface area contributed by atoms with Crippen molar-refractivity contribution in [2.75, 3.05) is 0 Å². The maximum Gasteiger partial charge on any atom is 0.315 e. The van der Waals surface area contributed by atoms with E-state index in [0.29, 0.717) is 5.82 Å². The molecule has 0 saturated heterocycles. The number of amides is 2. The Morgan fingerprint density at radius 2 is 1.75 bits per heavy atom. The molecule has 3 rings (SSSR count). The Hall–Kier alpha value is -2.41. The second kappa shape index (κ2) is 7.00. The van der Waals surface area contributed by atoms with Crippen molar-refractivity contribution in [2.45, 2.75) is 25.9 Å². The SMILES string of the molecule is CC(NC(=O)NC(C)c1nnc2ccccn12)c1ccccc1Br. The van der Waals surface area contributed by atoms with Gasteiger partial charge in [0.1, 0.15) is 0 Å². The number of halogens is 1. The molecule has 0 aliphatic heterocycles. The number of hydrogen-bond acceptors (Lipinski definition) is 3. The van der Waals surface area contributed by atoms with Crippen molar-refractivity contribution < 1.29 is 4.79 Å². The van der Waals surface area contributed by atoms with Crippen molar-refractivity contribution in [1.29, 1.82) is 0 Å². The van der Waals surface area contributed by atoms with E-state index in [1.807, 2.05) is 66.9 Å². The van der Waals surface area contributed by atoms with Crippen LogP contribution in [0.25, 0.3) is 5.65 Å². The van der Waals surface area contributed by atoms with Gasteiger partial charge >= 0.3 is 6.03 Å². The van der Waals surface area contributed by atoms with E-state index in [2.05, 4.69) is 36.8 Å². The van der Waals surface area contributed by atoms with Crippen LogP contribution < -0.4 is 10.6 Å². The molecular weight excluding hydrogens is 370 g/mol. The van der Waals surface area contributed by atoms with Gasteiger partial charge in [-0.15, -0.1) is 10.2 Å². The monoisotopic (exact) mass is 387 g/mol. The van der Waals surface area contributed by atoms with E-state index in [-0.39, 0.29) is 18.1 Å². The zero-order valence-corrected chi connectivity index (χ0v) is 15.0. The first-order valence-corrected chi connectivity index (χ1v) is 8.46. The number of urea groups is 1. The summed E-state index contributed by atoms with van der Waals surface area (Å²) in [7, 11) is 0. The van der Waals surface area contributed by atoms with Gasteiger partial charge in [0.05, 0.1) is 12.1 Å². The van der Waals surface area contributed by atoms with Crippen LogP contribution in [0.2, 0.25) is 0 Å². The average Bonchev–Trinajstić information content (AvgIpc) is 2.99. The number of nitrogens with one attached hydrogen (secondary N) is 2. The molecule has 2 amide bonds. The molecule has 7 heteroatoms. The third kappa shape index (κ3) is 3.41. The fourth-order valence-electron chi connectivity index (χ4n) is 2.56. The third-order valence-corrected chi connectivity index (χ3v) is 4.52. The van der Waals surface area contributed by atoms with Crippen LogP contribution in [0.3, 0.4) is 0 Å². The highest BCUT2D eigenvalue weighted by molar-refractivity contribution is 9.10. The summed E-state index contributed by atoms with van der Waals surface area (Å²) >= 11 is 3.50. The minimum Gasteiger partial charge on any atom is -0.332 e. The average molecular weight is 388 g/mol. The quantitative estimate of drug-likeness (QED) is 0.717. The molecule has 6 nitrogen and oxygen atoms in total. The van der Waals surface area contributed by atoms with Gasteiger partial charge in [-0.3, -0.25) is 4.40 Å². The first kappa shape index (κ1) is 16.4. The highest BCUT2D eigenvalue weighted by atomic mass is 79.9. The fourth-order valence-corrected chi connectivity index (χ4v) is 3.19. The van der Waals surface area contributed by atoms with Gasteiger partial charge in [0.2, 0.25) is 0 Å². The Balaban J connectivity index is 1.67. The summed E-state index contributed by atoms with van der Waals surface area (Å²) in [5.41, 5.74) is 1.77. The molecule has 0 aliphatic carbocycles. The van der Waals surface area contributed by atoms with Crippen LogP contribution in [0, 0.1) is 0 Å². The summed E-state index contributed by atoms with van der Waals surface area (Å²) in [5.74, 6) is 0.689. The van der Waals surface area contributed by atoms with Gasteiger partial charge in [-0.05, 0) is 37.6 Å². The number of benzene rings is 1. The maximum atomic E-state index is 12.3. The summed E-state index contributed by atoms with van der Waals surface area (Å²) in [6.45, 7) is 3.82. The minimum atomic E-state index is -0.270. The van der Waals surface area contributed by atoms with E-state index in [1.54, 1.807) is 0 Å². The lowest BCUT2D eigenvalue weighted by Crippen LogP contribution is -2.39. The van der Waals surface area contributed by atoms with Gasteiger partial charge in [0.15, 0.2) is 11.5 Å². The van der Waals surface area contributed by atoms with Crippen molar-refractivity contribution in [1.82, 2.24) is 25.2 Å². The lowest BCUT2D eigenvalue weighted by atomic mass is 10.1. The molecule has 24 heavy (non-hydrogen) atoms. The fraction of sp³-hybridized carbons (Fsp3) is 0.235. The Labute approximate surface area is 148 Å². The van der Waals surface area contributed by atoms with Crippen molar-refractivity contribution >= 4 is 27.6 Å². The van der Waals surface area contributed by atoms with Crippen molar-refractivity contribution in [3.63, 3.8) is 0 Å². The highest BCUT2D eigenvalue weighted by Crippen LogP contribution is 2.22. The molecule has 1 aromatic carbocycles. The molecule has 3 aromatic rings. The van der Waals surface area contributed by atoms with Crippen LogP contribution in [0.5, 0.6) is 0 Å². The standard InChI is InChI=1S/C17H18BrN5O/c1-11(13-7-3-4-8-14(13)18)19-17(24)20-12(2)16-22-21-15-9-5-6-10-23(15)16/h3-12H,1-2H3,(H2,19,20,24). The second-order valence-electron chi connectivity index (χ2n) is 5.57. The van der Waals surface area contributed by atoms with Crippen LogP contribution in [0.4, 0.5) is 4.79 Å². The van der Waals surface area contributed by atoms with E-state index in [1.165, 1.54) is 0 Å². The number of carbonyl (C=O) groups excluding carboxylic acids is 1. The van der Waals surface area contributed by atoms with Crippen molar-refractivity contribution in [3.8, 4) is 0 Å². The molecule has 0 spiro atoms. The normalized spacial score (nSPS) is 13.5. The molecule has 2 unspecified atom stereocenters. The topological polar surface area (TPSA) is 71.3 Å². The predicted octanol–water partition coefficient (Wildman–Crippen LogP) is 3.61. The molecule has 2 N–H and O–H groups in total. The van der Waals surface area contributed by atoms with E-state index in [0.717, 1.165) is 15.7 Å². The van der Waals surface area contributed by atoms with Gasteiger partial charge in [-0.25, -0.2) is 4.79 Å². The lowest BCUT2D eigenvalue weighted by Gasteiger charge is -2.18. The summed E-state index contributed by atoms with van der Waals surface area (Å²) in [6, 6.07) is 12.9. The molecule has 0 fully saturated rings. The Kier molecular flexibility index (Phi) is 4.80. The molecule has 0 aliphatic rings. The third-order valence-electron chi connectivity index (χ3n) is 3.79. The van der Waals surface area contributed by atoms with Crippen LogP contribution in [-0.2, 0) is 0 Å². The summed E-state index contributed by atoms with van der Waals surface area (Å²) in [4.78, 5) is 12.3. The van der Waals surface area contributed by atoms with Crippen LogP contribution in [-0.4, -0.2) is 20.6 Å². The number of fused-ring (bicyclic) bond motifs is 1. The molecule has 0 bridgehead atoms. The number of aromatic nitrogens is 3. The Morgan fingerprint density at radius 1 is 1.04 bits per heavy atom. The van der Waals surface area contributed by atoms with E-state index >= 15 is 0 Å². The van der Waals surface area contributed by atoms with Crippen LogP contribution in [0.1, 0.15) is 37.3 Å². The highest BCUT2D eigenvalue weighted by Gasteiger charge is 2.17. The van der Waals surface area contributed by atoms with Crippen molar-refractivity contribution in [3.05, 3.63) is 64.5 Å². The van der Waals surface area contributed by atoms with E-state index in [4.69, 9.17) is 0 Å². The van der Waals surface area contributed by atoms with Gasteiger partial charge < -0.3 is 10.6 Å². The number of nitrogens with zero attached hydrogens (tertiary/aromatic N) is 3. The first-order valence-electron chi connectivity index (χ1n) is 7.67. The van der Waals surface area contributed by atoms with Crippen molar-refractivity contribution in [2.24, 2.45) is 0 Å². The summed E-state index contributed by atoms with van der Waals surface area (Å²) in [5, 5.41) is 14.1. The molecule has 2 atom stereocenters. The zero-order valence-electron chi connectivity index (χ0n) is 13.4. The Morgan fingerprint density at radius 3 is 2.54 bits per heavy atom. The van der Waals surface area contributed by atoms with Crippen LogP contribution in [0.15, 0.2) is 53.1 Å². The molecule has 124 valence electrons. The lowest BCUT2D eigenvalue weighted by molar-refractivity contribution is 0.234. The predicted molar refractivity (Wildman–Crippen MR) is 95.6 cm³/mol. The number of hydrogen-bond donors (Lipinski definition) is 2. The minimum absolute atomic E-state index is 0.122. The number of pyridine rings is 1. The molecule has 2 heterocycles. The largest absolute Gasteiger partial charge is 0.332 e. The summed E-state index contributed by atoms with van der Waals surface area (Å²) < 4.78 is 2.83. The summed E-state index contributed by atoms with van der Waals surface area (Å²) in [6.07, 6.45) is 1.88. The number of rotatable bonds is 4. The molecule has 2 aromatic heterocycles.